The van der Waals surface area contributed by atoms with Crippen LogP contribution in [0.2, 0.25) is 0 Å². The molecule has 1 N–H and O–H groups in total. The molecular formula is C9H10N4O4S2. The summed E-state index contributed by atoms with van der Waals surface area (Å²) < 4.78 is 0.307. The molecule has 0 fully saturated rings. The third-order valence-corrected chi connectivity index (χ3v) is 3.05. The fraction of sp³-hybridized carbons (Fsp3) is 0.222. The highest BCUT2D eigenvalue weighted by molar-refractivity contribution is 8.23. The van der Waals surface area contributed by atoms with E-state index in [0.29, 0.717) is 4.32 Å². The van der Waals surface area contributed by atoms with Crippen molar-refractivity contribution in [2.45, 2.75) is 4.90 Å². The number of nitrogens with one attached hydrogen (secondary N) is 1. The van der Waals surface area contributed by atoms with E-state index in [4.69, 9.17) is 12.2 Å². The quantitative estimate of drug-likeness (QED) is 0.390. The van der Waals surface area contributed by atoms with E-state index in [1.165, 1.54) is 12.1 Å². The van der Waals surface area contributed by atoms with Crippen LogP contribution in [0.3, 0.4) is 0 Å². The molecule has 0 saturated carbocycles. The number of nitrogens with zero attached hydrogens (tertiary/aromatic N) is 3. The van der Waals surface area contributed by atoms with Crippen molar-refractivity contribution in [2.24, 2.45) is 0 Å². The van der Waals surface area contributed by atoms with Crippen molar-refractivity contribution in [1.82, 2.24) is 10.4 Å². The van der Waals surface area contributed by atoms with Crippen LogP contribution in [0, 0.1) is 20.2 Å². The lowest BCUT2D eigenvalue weighted by atomic mass is 10.3. The lowest BCUT2D eigenvalue weighted by Gasteiger charge is -2.13. The zero-order chi connectivity index (χ0) is 14.6. The molecule has 1 aromatic rings. The molecule has 10 heteroatoms. The summed E-state index contributed by atoms with van der Waals surface area (Å²) in [4.78, 5) is 20.4. The highest BCUT2D eigenvalue weighted by atomic mass is 32.2. The zero-order valence-electron chi connectivity index (χ0n) is 10.0. The molecule has 0 aliphatic carbocycles. The Bertz CT molecular complexity index is 535. The van der Waals surface area contributed by atoms with E-state index in [2.05, 4.69) is 5.43 Å². The van der Waals surface area contributed by atoms with E-state index < -0.39 is 9.85 Å². The number of hydrogen-bond acceptors (Lipinski definition) is 7. The molecule has 8 nitrogen and oxygen atoms in total. The van der Waals surface area contributed by atoms with Gasteiger partial charge >= 0.3 is 0 Å². The van der Waals surface area contributed by atoms with Crippen molar-refractivity contribution in [3.8, 4) is 0 Å². The van der Waals surface area contributed by atoms with Gasteiger partial charge in [0, 0.05) is 20.2 Å². The molecule has 0 aliphatic rings. The molecule has 0 spiro atoms. The van der Waals surface area contributed by atoms with Gasteiger partial charge in [0.05, 0.1) is 20.8 Å². The molecule has 0 atom stereocenters. The Labute approximate surface area is 118 Å². The number of non-ortho nitro benzene ring substituents is 1. The second-order valence-corrected chi connectivity index (χ2v) is 5.28. The monoisotopic (exact) mass is 302 g/mol. The van der Waals surface area contributed by atoms with E-state index >= 15 is 0 Å². The Morgan fingerprint density at radius 2 is 1.95 bits per heavy atom. The number of hydrazine groups is 1. The van der Waals surface area contributed by atoms with Gasteiger partial charge in [-0.05, 0) is 6.07 Å². The average Bonchev–Trinajstić information content (AvgIpc) is 2.27. The van der Waals surface area contributed by atoms with Gasteiger partial charge in [-0.1, -0.05) is 24.0 Å². The van der Waals surface area contributed by atoms with Crippen molar-refractivity contribution >= 4 is 39.7 Å². The van der Waals surface area contributed by atoms with Crippen LogP contribution in [-0.2, 0) is 0 Å². The molecule has 0 unspecified atom stereocenters. The Morgan fingerprint density at radius 1 is 1.32 bits per heavy atom. The van der Waals surface area contributed by atoms with Gasteiger partial charge < -0.3 is 5.43 Å². The second-order valence-electron chi connectivity index (χ2n) is 3.56. The molecule has 1 aromatic carbocycles. The first-order chi connectivity index (χ1) is 8.81. The Hall–Kier alpha value is -1.78. The van der Waals surface area contributed by atoms with Crippen molar-refractivity contribution in [3.63, 3.8) is 0 Å². The molecule has 0 heterocycles. The van der Waals surface area contributed by atoms with E-state index in [0.717, 1.165) is 17.8 Å². The summed E-state index contributed by atoms with van der Waals surface area (Å²) in [5.41, 5.74) is 2.09. The Morgan fingerprint density at radius 3 is 2.42 bits per heavy atom. The zero-order valence-corrected chi connectivity index (χ0v) is 11.7. The van der Waals surface area contributed by atoms with Crippen molar-refractivity contribution in [2.75, 3.05) is 14.1 Å². The van der Waals surface area contributed by atoms with E-state index in [1.807, 2.05) is 0 Å². The highest BCUT2D eigenvalue weighted by Crippen LogP contribution is 2.32. The molecule has 0 amide bonds. The minimum atomic E-state index is -0.683. The van der Waals surface area contributed by atoms with E-state index in [9.17, 15) is 20.2 Å². The van der Waals surface area contributed by atoms with Crippen LogP contribution in [0.25, 0.3) is 0 Å². The van der Waals surface area contributed by atoms with Gasteiger partial charge in [-0.25, -0.2) is 5.01 Å². The summed E-state index contributed by atoms with van der Waals surface area (Å²) in [6, 6.07) is 3.43. The number of benzene rings is 1. The van der Waals surface area contributed by atoms with Crippen molar-refractivity contribution < 1.29 is 9.85 Å². The molecule has 102 valence electrons. The second kappa shape index (κ2) is 6.41. The lowest BCUT2D eigenvalue weighted by Crippen LogP contribution is -2.33. The molecule has 19 heavy (non-hydrogen) atoms. The van der Waals surface area contributed by atoms with E-state index in [-0.39, 0.29) is 16.3 Å². The molecule has 0 bridgehead atoms. The summed E-state index contributed by atoms with van der Waals surface area (Å²) in [6.07, 6.45) is 0. The molecule has 0 aliphatic heterocycles. The maximum Gasteiger partial charge on any atom is 0.290 e. The molecule has 0 saturated heterocycles. The maximum absolute atomic E-state index is 10.9. The molecule has 1 rings (SSSR count). The van der Waals surface area contributed by atoms with Gasteiger partial charge in [0.1, 0.15) is 0 Å². The normalized spacial score (nSPS) is 10.3. The fourth-order valence-corrected chi connectivity index (χ4v) is 2.41. The first kappa shape index (κ1) is 15.3. The van der Waals surface area contributed by atoms with E-state index in [1.54, 1.807) is 19.1 Å². The predicted octanol–water partition coefficient (Wildman–Crippen LogP) is 1.95. The van der Waals surface area contributed by atoms with Gasteiger partial charge in [0.25, 0.3) is 11.4 Å². The van der Waals surface area contributed by atoms with Crippen LogP contribution >= 0.6 is 24.0 Å². The summed E-state index contributed by atoms with van der Waals surface area (Å²) >= 11 is 5.96. The van der Waals surface area contributed by atoms with Crippen LogP contribution in [0.5, 0.6) is 0 Å². The highest BCUT2D eigenvalue weighted by Gasteiger charge is 2.20. The minimum absolute atomic E-state index is 0.245. The van der Waals surface area contributed by atoms with Gasteiger partial charge in [-0.2, -0.15) is 0 Å². The number of nitro benzene ring substituents is 2. The molecular weight excluding hydrogens is 292 g/mol. The summed E-state index contributed by atoms with van der Waals surface area (Å²) in [7, 11) is 3.44. The van der Waals surface area contributed by atoms with Gasteiger partial charge in [-0.15, -0.1) is 0 Å². The Kier molecular flexibility index (Phi) is 5.15. The smallest absolute Gasteiger partial charge is 0.290 e. The third kappa shape index (κ3) is 4.43. The first-order valence-electron chi connectivity index (χ1n) is 4.90. The standard InChI is InChI=1S/C9H10N4O4S2/c1-11(2)10-9(18)19-8-4-3-6(12(14)15)5-7(8)13(16)17/h3-5H,1-2H3,(H,10,18). The van der Waals surface area contributed by atoms with Crippen LogP contribution in [-0.4, -0.2) is 33.3 Å². The lowest BCUT2D eigenvalue weighted by molar-refractivity contribution is -0.396. The largest absolute Gasteiger partial charge is 0.304 e. The topological polar surface area (TPSA) is 102 Å². The third-order valence-electron chi connectivity index (χ3n) is 1.87. The van der Waals surface area contributed by atoms with Gasteiger partial charge in [0.15, 0.2) is 4.32 Å². The van der Waals surface area contributed by atoms with Gasteiger partial charge in [0.2, 0.25) is 0 Å². The summed E-state index contributed by atoms with van der Waals surface area (Å²) in [5.74, 6) is 0. The Balaban J connectivity index is 3.04. The number of nitro groups is 2. The van der Waals surface area contributed by atoms with Crippen molar-refractivity contribution in [1.29, 1.82) is 0 Å². The number of thioether (sulfide) groups is 1. The van der Waals surface area contributed by atoms with Crippen LogP contribution in [0.15, 0.2) is 23.1 Å². The molecule has 0 aromatic heterocycles. The number of rotatable bonds is 4. The van der Waals surface area contributed by atoms with Crippen LogP contribution in [0.4, 0.5) is 11.4 Å². The predicted molar refractivity (Wildman–Crippen MR) is 75.0 cm³/mol. The van der Waals surface area contributed by atoms with Crippen LogP contribution < -0.4 is 5.43 Å². The molecule has 0 radical (unpaired) electrons. The SMILES string of the molecule is CN(C)NC(=S)Sc1ccc([N+](=O)[O-])cc1[N+](=O)[O-]. The number of hydrogen-bond donors (Lipinski definition) is 1. The number of thiocarbonyl (C=S) groups is 1. The summed E-state index contributed by atoms with van der Waals surface area (Å²) in [6.45, 7) is 0. The van der Waals surface area contributed by atoms with Crippen molar-refractivity contribution in [3.05, 3.63) is 38.4 Å². The van der Waals surface area contributed by atoms with Crippen LogP contribution in [0.1, 0.15) is 0 Å². The fourth-order valence-electron chi connectivity index (χ4n) is 1.15. The first-order valence-corrected chi connectivity index (χ1v) is 6.12. The summed E-state index contributed by atoms with van der Waals surface area (Å²) in [5, 5.41) is 23.1. The maximum atomic E-state index is 10.9. The van der Waals surface area contributed by atoms with Gasteiger partial charge in [-0.3, -0.25) is 20.2 Å². The average molecular weight is 302 g/mol. The minimum Gasteiger partial charge on any atom is -0.304 e.